The largest absolute Gasteiger partial charge is 0.355 e. The van der Waals surface area contributed by atoms with E-state index in [1.54, 1.807) is 13.8 Å². The Kier molecular flexibility index (Phi) is 5.16. The zero-order valence-corrected chi connectivity index (χ0v) is 15.3. The number of amides is 1. The molecule has 2 heterocycles. The van der Waals surface area contributed by atoms with Gasteiger partial charge in [-0.3, -0.25) is 9.59 Å². The lowest BCUT2D eigenvalue weighted by atomic mass is 10.1. The predicted molar refractivity (Wildman–Crippen MR) is 100 cm³/mol. The molecule has 2 aromatic heterocycles. The van der Waals surface area contributed by atoms with Gasteiger partial charge >= 0.3 is 0 Å². The lowest BCUT2D eigenvalue weighted by molar-refractivity contribution is -0.120. The van der Waals surface area contributed by atoms with E-state index in [0.717, 1.165) is 23.4 Å². The minimum Gasteiger partial charge on any atom is -0.355 e. The molecule has 7 heteroatoms. The van der Waals surface area contributed by atoms with Crippen molar-refractivity contribution in [3.63, 3.8) is 0 Å². The van der Waals surface area contributed by atoms with Crippen molar-refractivity contribution in [1.82, 2.24) is 24.8 Å². The van der Waals surface area contributed by atoms with Gasteiger partial charge in [-0.2, -0.15) is 0 Å². The Bertz CT molecular complexity index is 1000. The summed E-state index contributed by atoms with van der Waals surface area (Å²) in [7, 11) is 0. The molecule has 2 N–H and O–H groups in total. The molecule has 0 saturated carbocycles. The fourth-order valence-corrected chi connectivity index (χ4v) is 3.17. The standard InChI is InChI=1S/C19H23N5O2/c1-4-24-16-8-6-5-7-15(16)23-17(24)9-10-20-18(25)11-14-12(2)21-13(3)22-19(14)26/h5-8H,4,9-11H2,1-3H3,(H,20,25)(H,21,22,26). The van der Waals surface area contributed by atoms with Crippen LogP contribution in [0, 0.1) is 13.8 Å². The molecule has 136 valence electrons. The van der Waals surface area contributed by atoms with Crippen LogP contribution >= 0.6 is 0 Å². The van der Waals surface area contributed by atoms with E-state index in [4.69, 9.17) is 0 Å². The number of rotatable bonds is 6. The number of H-pyrrole nitrogens is 1. The van der Waals surface area contributed by atoms with Gasteiger partial charge in [-0.15, -0.1) is 0 Å². The van der Waals surface area contributed by atoms with Gasteiger partial charge in [0.1, 0.15) is 11.6 Å². The van der Waals surface area contributed by atoms with Crippen LogP contribution in [0.3, 0.4) is 0 Å². The highest BCUT2D eigenvalue weighted by Gasteiger charge is 2.13. The highest BCUT2D eigenvalue weighted by Crippen LogP contribution is 2.16. The highest BCUT2D eigenvalue weighted by atomic mass is 16.2. The molecule has 0 radical (unpaired) electrons. The summed E-state index contributed by atoms with van der Waals surface area (Å²) in [6.45, 7) is 6.84. The maximum atomic E-state index is 12.2. The summed E-state index contributed by atoms with van der Waals surface area (Å²) in [6.07, 6.45) is 0.661. The maximum Gasteiger partial charge on any atom is 0.254 e. The number of hydrogen-bond donors (Lipinski definition) is 2. The number of fused-ring (bicyclic) bond motifs is 1. The number of nitrogens with zero attached hydrogens (tertiary/aromatic N) is 3. The predicted octanol–water partition coefficient (Wildman–Crippen LogP) is 1.66. The molecule has 26 heavy (non-hydrogen) atoms. The van der Waals surface area contributed by atoms with Crippen molar-refractivity contribution < 1.29 is 4.79 Å². The van der Waals surface area contributed by atoms with Crippen molar-refractivity contribution in [3.8, 4) is 0 Å². The fraction of sp³-hybridized carbons (Fsp3) is 0.368. The molecule has 0 unspecified atom stereocenters. The minimum atomic E-state index is -0.252. The third-order valence-electron chi connectivity index (χ3n) is 4.40. The van der Waals surface area contributed by atoms with E-state index >= 15 is 0 Å². The molecule has 0 bridgehead atoms. The second-order valence-electron chi connectivity index (χ2n) is 6.25. The summed E-state index contributed by atoms with van der Waals surface area (Å²) in [6, 6.07) is 8.00. The number of aromatic nitrogens is 4. The van der Waals surface area contributed by atoms with Crippen LogP contribution in [0.25, 0.3) is 11.0 Å². The highest BCUT2D eigenvalue weighted by molar-refractivity contribution is 5.78. The molecule has 3 aromatic rings. The zero-order valence-electron chi connectivity index (χ0n) is 15.3. The number of aryl methyl sites for hydroxylation is 3. The number of aromatic amines is 1. The zero-order chi connectivity index (χ0) is 18.7. The van der Waals surface area contributed by atoms with E-state index in [1.165, 1.54) is 0 Å². The first-order valence-electron chi connectivity index (χ1n) is 8.76. The van der Waals surface area contributed by atoms with Gasteiger partial charge in [0.05, 0.1) is 17.5 Å². The maximum absolute atomic E-state index is 12.2. The van der Waals surface area contributed by atoms with Crippen LogP contribution in [0.1, 0.15) is 29.8 Å². The Labute approximate surface area is 151 Å². The Morgan fingerprint density at radius 3 is 2.73 bits per heavy atom. The fourth-order valence-electron chi connectivity index (χ4n) is 3.17. The van der Waals surface area contributed by atoms with Crippen LogP contribution in [-0.4, -0.2) is 32.0 Å². The van der Waals surface area contributed by atoms with E-state index in [-0.39, 0.29) is 17.9 Å². The molecular weight excluding hydrogens is 330 g/mol. The Morgan fingerprint density at radius 1 is 1.23 bits per heavy atom. The van der Waals surface area contributed by atoms with Gasteiger partial charge in [0.2, 0.25) is 5.91 Å². The van der Waals surface area contributed by atoms with Gasteiger partial charge in [-0.05, 0) is 32.9 Å². The van der Waals surface area contributed by atoms with Crippen LogP contribution in [-0.2, 0) is 24.2 Å². The summed E-state index contributed by atoms with van der Waals surface area (Å²) in [5, 5.41) is 2.87. The SMILES string of the molecule is CCn1c(CCNC(=O)Cc2c(C)nc(C)[nH]c2=O)nc2ccccc21. The topological polar surface area (TPSA) is 92.7 Å². The molecule has 3 rings (SSSR count). The van der Waals surface area contributed by atoms with Crippen LogP contribution in [0.5, 0.6) is 0 Å². The van der Waals surface area contributed by atoms with Gasteiger partial charge in [0.25, 0.3) is 5.56 Å². The number of hydrogen-bond acceptors (Lipinski definition) is 4. The number of imidazole rings is 1. The summed E-state index contributed by atoms with van der Waals surface area (Å²) >= 11 is 0. The number of para-hydroxylation sites is 2. The van der Waals surface area contributed by atoms with Crippen LogP contribution in [0.4, 0.5) is 0 Å². The first kappa shape index (κ1) is 17.8. The van der Waals surface area contributed by atoms with Crippen molar-refractivity contribution in [2.75, 3.05) is 6.54 Å². The van der Waals surface area contributed by atoms with Crippen LogP contribution in [0.15, 0.2) is 29.1 Å². The molecular formula is C19H23N5O2. The lowest BCUT2D eigenvalue weighted by Crippen LogP contribution is -2.31. The molecule has 7 nitrogen and oxygen atoms in total. The average molecular weight is 353 g/mol. The normalized spacial score (nSPS) is 11.0. The molecule has 0 atom stereocenters. The molecule has 0 aliphatic rings. The quantitative estimate of drug-likeness (QED) is 0.705. The van der Waals surface area contributed by atoms with E-state index in [0.29, 0.717) is 30.0 Å². The Balaban J connectivity index is 1.64. The molecule has 1 amide bonds. The lowest BCUT2D eigenvalue weighted by Gasteiger charge is -2.08. The van der Waals surface area contributed by atoms with Crippen LogP contribution in [0.2, 0.25) is 0 Å². The third-order valence-corrected chi connectivity index (χ3v) is 4.40. The smallest absolute Gasteiger partial charge is 0.254 e. The van der Waals surface area contributed by atoms with Crippen molar-refractivity contribution >= 4 is 16.9 Å². The number of benzene rings is 1. The van der Waals surface area contributed by atoms with Gasteiger partial charge in [-0.1, -0.05) is 12.1 Å². The van der Waals surface area contributed by atoms with Gasteiger partial charge in [0.15, 0.2) is 0 Å². The molecule has 0 fully saturated rings. The van der Waals surface area contributed by atoms with Gasteiger partial charge in [0, 0.05) is 30.8 Å². The van der Waals surface area contributed by atoms with Crippen molar-refractivity contribution in [3.05, 3.63) is 57.5 Å². The second-order valence-corrected chi connectivity index (χ2v) is 6.25. The molecule has 0 aliphatic heterocycles. The first-order valence-corrected chi connectivity index (χ1v) is 8.76. The number of nitrogens with one attached hydrogen (secondary N) is 2. The monoisotopic (exact) mass is 353 g/mol. The summed E-state index contributed by atoms with van der Waals surface area (Å²) in [5.41, 5.74) is 2.81. The second kappa shape index (κ2) is 7.51. The summed E-state index contributed by atoms with van der Waals surface area (Å²) < 4.78 is 2.15. The van der Waals surface area contributed by atoms with Crippen molar-refractivity contribution in [1.29, 1.82) is 0 Å². The molecule has 0 saturated heterocycles. The summed E-state index contributed by atoms with van der Waals surface area (Å²) in [4.78, 5) is 35.7. The molecule has 0 spiro atoms. The van der Waals surface area contributed by atoms with E-state index in [2.05, 4.69) is 31.8 Å². The molecule has 1 aromatic carbocycles. The van der Waals surface area contributed by atoms with E-state index in [9.17, 15) is 9.59 Å². The number of carbonyl (C=O) groups excluding carboxylic acids is 1. The third kappa shape index (κ3) is 3.66. The Hall–Kier alpha value is -2.96. The molecule has 0 aliphatic carbocycles. The first-order chi connectivity index (χ1) is 12.5. The van der Waals surface area contributed by atoms with Crippen LogP contribution < -0.4 is 10.9 Å². The average Bonchev–Trinajstić information content (AvgIpc) is 2.95. The van der Waals surface area contributed by atoms with Gasteiger partial charge < -0.3 is 14.9 Å². The van der Waals surface area contributed by atoms with E-state index < -0.39 is 0 Å². The van der Waals surface area contributed by atoms with Crippen molar-refractivity contribution in [2.45, 2.75) is 40.2 Å². The Morgan fingerprint density at radius 2 is 2.00 bits per heavy atom. The number of carbonyl (C=O) groups is 1. The minimum absolute atomic E-state index is 0.0264. The summed E-state index contributed by atoms with van der Waals surface area (Å²) in [5.74, 6) is 1.30. The van der Waals surface area contributed by atoms with Crippen molar-refractivity contribution in [2.24, 2.45) is 0 Å². The van der Waals surface area contributed by atoms with Gasteiger partial charge in [-0.25, -0.2) is 9.97 Å². The van der Waals surface area contributed by atoms with E-state index in [1.807, 2.05) is 24.3 Å².